The van der Waals surface area contributed by atoms with Crippen LogP contribution in [0.15, 0.2) is 72.4 Å². The second kappa shape index (κ2) is 29.3. The first kappa shape index (κ1) is 63.6. The summed E-state index contributed by atoms with van der Waals surface area (Å²) in [5.41, 5.74) is 3.27. The van der Waals surface area contributed by atoms with Crippen molar-refractivity contribution in [2.75, 3.05) is 6.54 Å². The summed E-state index contributed by atoms with van der Waals surface area (Å²) in [6.45, 7) is 18.3. The standard InChI is InChI=1S/C60H91N5O13/c1-11-43-30-37(6)60(63-55(43)72)41(10)53(70)40(9)51(78-60)33-49(69)35(4)20-14-12-15-21-36(5)50-26-17-13-16-25-48(68)39(8)54(71)45(28-27-38(7)66)56(73)62-52(34(2)3)57(74)61-47(32-42-22-18-23-44(67)31-42)58(75)65-29-19-24-46(64-65)59(76)77-50/h12-13,15-18,21-23,25,31,34-35,37,39-41,43,45-54,64,67-71H,11,14,19-20,24,26-30,32-33H2,1-10H3,(H,61,74)(H,62,73)(H,63,72)/b15-12+,17-13?,25-16?,36-21-/t35-,37-,39-,40+,41-,43-,45+,46-,47-,48-,49-,50-,51-,52-,53-,54+,60+/m0/s1. The summed E-state index contributed by atoms with van der Waals surface area (Å²) in [4.78, 5) is 82.2. The molecule has 0 saturated carbocycles. The minimum absolute atomic E-state index is 0.0254. The number of Topliss-reactive ketones (excluding diaryl/α,β-unsaturated/α-hetero) is 1. The fourth-order valence-corrected chi connectivity index (χ4v) is 11.3. The molecule has 18 heteroatoms. The van der Waals surface area contributed by atoms with Gasteiger partial charge in [0.15, 0.2) is 0 Å². The summed E-state index contributed by atoms with van der Waals surface area (Å²) < 4.78 is 12.9. The summed E-state index contributed by atoms with van der Waals surface area (Å²) in [7, 11) is 0. The number of hydrogen-bond acceptors (Lipinski definition) is 14. The molecule has 2 bridgehead atoms. The van der Waals surface area contributed by atoms with E-state index in [1.54, 1.807) is 51.1 Å². The number of phenolic OH excluding ortho intramolecular Hbond substituents is 1. The van der Waals surface area contributed by atoms with Crippen LogP contribution >= 0.6 is 0 Å². The smallest absolute Gasteiger partial charge is 0.325 e. The number of fused-ring (bicyclic) bond motifs is 2. The predicted molar refractivity (Wildman–Crippen MR) is 295 cm³/mol. The third-order valence-corrected chi connectivity index (χ3v) is 16.9. The van der Waals surface area contributed by atoms with E-state index < -0.39 is 102 Å². The lowest BCUT2D eigenvalue weighted by molar-refractivity contribution is -0.267. The van der Waals surface area contributed by atoms with Crippen molar-refractivity contribution < 1.29 is 63.8 Å². The molecule has 3 saturated heterocycles. The van der Waals surface area contributed by atoms with Crippen LogP contribution in [0.4, 0.5) is 0 Å². The number of ketones is 1. The molecular weight excluding hydrogens is 999 g/mol. The fourth-order valence-electron chi connectivity index (χ4n) is 11.3. The lowest BCUT2D eigenvalue weighted by atomic mass is 9.69. The van der Waals surface area contributed by atoms with Gasteiger partial charge in [-0.25, -0.2) is 5.43 Å². The number of aliphatic hydroxyl groups is 4. The normalized spacial score (nSPS) is 34.1. The summed E-state index contributed by atoms with van der Waals surface area (Å²) in [5, 5.41) is 66.1. The molecule has 3 fully saturated rings. The number of ether oxygens (including phenoxy) is 2. The summed E-state index contributed by atoms with van der Waals surface area (Å²) >= 11 is 0. The molecule has 4 amide bonds. The van der Waals surface area contributed by atoms with Gasteiger partial charge in [0.2, 0.25) is 17.7 Å². The highest BCUT2D eigenvalue weighted by Gasteiger charge is 2.57. The SMILES string of the molecule is CC[C@H]1C[C@H](C)[C@@]2(NC1=O)O[C@@H](C[C@H](O)[C@@H](C)CC/C=C/C=C(/C)[C@@H]1CC=CC=C[C@H](O)[C@H](C)[C@@H](O)[C@@H](CCC(C)=O)C(=O)N[C@@H](C(C)C)C(=O)N[C@@H](Cc3cccc(O)c3)C(=O)N3CCC[C@H](N3)C(=O)O1)[C@@H](C)[C@H](O)[C@@H]2C. The van der Waals surface area contributed by atoms with Gasteiger partial charge in [0.25, 0.3) is 5.91 Å². The molecule has 4 heterocycles. The van der Waals surface area contributed by atoms with Gasteiger partial charge in [-0.1, -0.05) is 110 Å². The lowest BCUT2D eigenvalue weighted by Crippen LogP contribution is -2.71. The zero-order valence-corrected chi connectivity index (χ0v) is 47.6. The van der Waals surface area contributed by atoms with Gasteiger partial charge in [-0.15, -0.1) is 0 Å². The van der Waals surface area contributed by atoms with E-state index in [0.717, 1.165) is 6.42 Å². The van der Waals surface area contributed by atoms with E-state index in [4.69, 9.17) is 9.47 Å². The van der Waals surface area contributed by atoms with Crippen molar-refractivity contribution in [3.8, 4) is 5.75 Å². The Balaban J connectivity index is 1.35. The quantitative estimate of drug-likeness (QED) is 0.0786. The topological polar surface area (TPSA) is 273 Å². The number of hydrazine groups is 1. The van der Waals surface area contributed by atoms with E-state index >= 15 is 0 Å². The highest BCUT2D eigenvalue weighted by Crippen LogP contribution is 2.46. The Labute approximate surface area is 461 Å². The van der Waals surface area contributed by atoms with Gasteiger partial charge in [0.05, 0.1) is 36.4 Å². The Kier molecular flexibility index (Phi) is 23.9. The minimum Gasteiger partial charge on any atom is -0.508 e. The fraction of sp³-hybridized carbons (Fsp3) is 0.667. The van der Waals surface area contributed by atoms with Crippen molar-refractivity contribution in [2.45, 2.75) is 200 Å². The number of amides is 4. The van der Waals surface area contributed by atoms with Crippen molar-refractivity contribution in [1.82, 2.24) is 26.4 Å². The molecule has 1 aromatic rings. The zero-order chi connectivity index (χ0) is 57.6. The number of allylic oxidation sites excluding steroid dienone is 5. The molecule has 0 aliphatic carbocycles. The molecule has 0 aromatic heterocycles. The first-order chi connectivity index (χ1) is 36.9. The van der Waals surface area contributed by atoms with Crippen molar-refractivity contribution in [2.24, 2.45) is 47.3 Å². The van der Waals surface area contributed by atoms with Gasteiger partial charge in [-0.3, -0.25) is 29.0 Å². The average molecular weight is 1090 g/mol. The number of cyclic esters (lactones) is 1. The van der Waals surface area contributed by atoms with Crippen LogP contribution in [0, 0.1) is 47.3 Å². The first-order valence-corrected chi connectivity index (χ1v) is 28.4. The molecule has 9 N–H and O–H groups in total. The second-order valence-corrected chi connectivity index (χ2v) is 23.2. The molecule has 0 radical (unpaired) electrons. The molecule has 4 aliphatic heterocycles. The van der Waals surface area contributed by atoms with Crippen LogP contribution in [-0.2, 0) is 44.7 Å². The van der Waals surface area contributed by atoms with Crippen LogP contribution in [0.1, 0.15) is 139 Å². The maximum atomic E-state index is 14.5. The monoisotopic (exact) mass is 1090 g/mol. The highest BCUT2D eigenvalue weighted by atomic mass is 16.5. The number of benzene rings is 1. The number of hydrogen-bond donors (Lipinski definition) is 9. The van der Waals surface area contributed by atoms with E-state index in [1.807, 2.05) is 52.8 Å². The molecule has 4 aliphatic rings. The van der Waals surface area contributed by atoms with Crippen LogP contribution in [-0.4, -0.2) is 133 Å². The largest absolute Gasteiger partial charge is 0.508 e. The third kappa shape index (κ3) is 16.7. The van der Waals surface area contributed by atoms with Gasteiger partial charge < -0.3 is 55.8 Å². The molecule has 1 aromatic carbocycles. The number of aliphatic hydroxyl groups excluding tert-OH is 4. The Morgan fingerprint density at radius 3 is 2.36 bits per heavy atom. The zero-order valence-electron chi connectivity index (χ0n) is 47.6. The lowest BCUT2D eigenvalue weighted by Gasteiger charge is -2.56. The van der Waals surface area contributed by atoms with Crippen LogP contribution in [0.25, 0.3) is 0 Å². The highest BCUT2D eigenvalue weighted by molar-refractivity contribution is 5.93. The van der Waals surface area contributed by atoms with E-state index in [0.29, 0.717) is 49.7 Å². The number of piperidine rings is 1. The van der Waals surface area contributed by atoms with Gasteiger partial charge in [-0.05, 0) is 93.9 Å². The number of carbonyl (C=O) groups is 6. The number of carbonyl (C=O) groups excluding carboxylic acids is 6. The van der Waals surface area contributed by atoms with Gasteiger partial charge in [0, 0.05) is 61.8 Å². The maximum absolute atomic E-state index is 14.5. The minimum atomic E-state index is -1.43. The van der Waals surface area contributed by atoms with Crippen LogP contribution in [0.3, 0.4) is 0 Å². The number of rotatable bonds is 15. The second-order valence-electron chi connectivity index (χ2n) is 23.2. The van der Waals surface area contributed by atoms with E-state index in [2.05, 4.69) is 28.3 Å². The van der Waals surface area contributed by atoms with E-state index in [-0.39, 0.29) is 79.3 Å². The Hall–Kier alpha value is -5.24. The number of aromatic hydroxyl groups is 1. The third-order valence-electron chi connectivity index (χ3n) is 16.9. The number of nitrogens with one attached hydrogen (secondary N) is 4. The Morgan fingerprint density at radius 1 is 0.949 bits per heavy atom. The van der Waals surface area contributed by atoms with E-state index in [1.165, 1.54) is 30.1 Å². The molecule has 5 rings (SSSR count). The van der Waals surface area contributed by atoms with Crippen LogP contribution < -0.4 is 21.4 Å². The molecule has 434 valence electrons. The molecule has 18 nitrogen and oxygen atoms in total. The summed E-state index contributed by atoms with van der Waals surface area (Å²) in [6, 6.07) is 2.90. The molecular formula is C60H91N5O13. The van der Waals surface area contributed by atoms with E-state index in [9.17, 15) is 54.3 Å². The Morgan fingerprint density at radius 2 is 1.68 bits per heavy atom. The predicted octanol–water partition coefficient (Wildman–Crippen LogP) is 5.41. The van der Waals surface area contributed by atoms with Crippen molar-refractivity contribution in [1.29, 1.82) is 0 Å². The molecule has 78 heavy (non-hydrogen) atoms. The summed E-state index contributed by atoms with van der Waals surface area (Å²) in [6.07, 6.45) is 10.6. The van der Waals surface area contributed by atoms with Gasteiger partial charge >= 0.3 is 5.97 Å². The van der Waals surface area contributed by atoms with Gasteiger partial charge in [0.1, 0.15) is 41.5 Å². The van der Waals surface area contributed by atoms with Crippen LogP contribution in [0.2, 0.25) is 0 Å². The molecule has 17 atom stereocenters. The number of esters is 1. The average Bonchev–Trinajstić information content (AvgIpc) is 3.51. The molecule has 0 unspecified atom stereocenters. The first-order valence-electron chi connectivity index (χ1n) is 28.4. The van der Waals surface area contributed by atoms with Crippen molar-refractivity contribution in [3.63, 3.8) is 0 Å². The number of phenols is 1. The van der Waals surface area contributed by atoms with Crippen molar-refractivity contribution in [3.05, 3.63) is 77.9 Å². The maximum Gasteiger partial charge on any atom is 0.325 e. The Bertz CT molecular complexity index is 2340. The number of nitrogens with zero attached hydrogens (tertiary/aromatic N) is 1. The molecule has 1 spiro atoms. The van der Waals surface area contributed by atoms with Crippen LogP contribution in [0.5, 0.6) is 5.75 Å². The summed E-state index contributed by atoms with van der Waals surface area (Å²) in [5.74, 6) is -6.33. The van der Waals surface area contributed by atoms with Crippen molar-refractivity contribution >= 4 is 35.4 Å². The van der Waals surface area contributed by atoms with Gasteiger partial charge in [-0.2, -0.15) is 0 Å².